The molecule has 7 heteroatoms. The van der Waals surface area contributed by atoms with Crippen molar-refractivity contribution in [3.8, 4) is 0 Å². The summed E-state index contributed by atoms with van der Waals surface area (Å²) in [6, 6.07) is 6.80. The van der Waals surface area contributed by atoms with Gasteiger partial charge in [0.25, 0.3) is 0 Å². The predicted molar refractivity (Wildman–Crippen MR) is 106 cm³/mol. The van der Waals surface area contributed by atoms with E-state index in [-0.39, 0.29) is 11.1 Å². The first-order valence-electron chi connectivity index (χ1n) is 9.58. The van der Waals surface area contributed by atoms with Crippen LogP contribution in [0.1, 0.15) is 56.3 Å². The fraction of sp³-hybridized carbons (Fsp3) is 0.450. The monoisotopic (exact) mass is 387 g/mol. The average Bonchev–Trinajstić information content (AvgIpc) is 3.06. The maximum atomic E-state index is 13.1. The van der Waals surface area contributed by atoms with Gasteiger partial charge >= 0.3 is 0 Å². The van der Waals surface area contributed by atoms with Gasteiger partial charge in [0.05, 0.1) is 17.1 Å². The van der Waals surface area contributed by atoms with Gasteiger partial charge in [-0.05, 0) is 48.6 Å². The molecular formula is C20H23ClFN5. The number of hydrogen-bond acceptors (Lipinski definition) is 4. The largest absolute Gasteiger partial charge is 0.365 e. The molecule has 2 heterocycles. The van der Waals surface area contributed by atoms with Crippen LogP contribution in [0.4, 0.5) is 10.2 Å². The SMILES string of the molecule is CCc1nn(C2CCCCC2)c2nc(Cl)nc(NCc3ccc(F)cc3)c12. The van der Waals surface area contributed by atoms with E-state index in [1.54, 1.807) is 12.1 Å². The molecule has 0 unspecified atom stereocenters. The van der Waals surface area contributed by atoms with E-state index < -0.39 is 0 Å². The second-order valence-electron chi connectivity index (χ2n) is 7.06. The Hall–Kier alpha value is -2.21. The molecule has 0 amide bonds. The lowest BCUT2D eigenvalue weighted by atomic mass is 9.96. The summed E-state index contributed by atoms with van der Waals surface area (Å²) in [5.74, 6) is 0.446. The van der Waals surface area contributed by atoms with E-state index in [2.05, 4.69) is 26.9 Å². The van der Waals surface area contributed by atoms with Crippen LogP contribution in [-0.4, -0.2) is 19.7 Å². The first-order chi connectivity index (χ1) is 13.2. The van der Waals surface area contributed by atoms with Gasteiger partial charge in [-0.1, -0.05) is 38.3 Å². The Morgan fingerprint density at radius 3 is 2.59 bits per heavy atom. The molecule has 1 aliphatic rings. The second kappa shape index (κ2) is 7.80. The van der Waals surface area contributed by atoms with E-state index in [1.807, 2.05) is 0 Å². The maximum Gasteiger partial charge on any atom is 0.226 e. The Labute approximate surface area is 163 Å². The minimum Gasteiger partial charge on any atom is -0.365 e. The fourth-order valence-electron chi connectivity index (χ4n) is 3.82. The van der Waals surface area contributed by atoms with Crippen molar-refractivity contribution >= 4 is 28.5 Å². The molecule has 4 rings (SSSR count). The van der Waals surface area contributed by atoms with Crippen LogP contribution in [-0.2, 0) is 13.0 Å². The summed E-state index contributed by atoms with van der Waals surface area (Å²) >= 11 is 6.24. The Morgan fingerprint density at radius 2 is 1.89 bits per heavy atom. The molecule has 1 aliphatic carbocycles. The quantitative estimate of drug-likeness (QED) is 0.603. The maximum absolute atomic E-state index is 13.1. The van der Waals surface area contributed by atoms with Crippen LogP contribution in [0.5, 0.6) is 0 Å². The number of anilines is 1. The zero-order chi connectivity index (χ0) is 18.8. The molecule has 1 N–H and O–H groups in total. The van der Waals surface area contributed by atoms with E-state index in [9.17, 15) is 4.39 Å². The molecule has 5 nitrogen and oxygen atoms in total. The highest BCUT2D eigenvalue weighted by Gasteiger charge is 2.23. The summed E-state index contributed by atoms with van der Waals surface area (Å²) in [4.78, 5) is 8.93. The van der Waals surface area contributed by atoms with Crippen LogP contribution in [0.25, 0.3) is 11.0 Å². The topological polar surface area (TPSA) is 55.6 Å². The van der Waals surface area contributed by atoms with Crippen LogP contribution in [0.15, 0.2) is 24.3 Å². The van der Waals surface area contributed by atoms with Crippen LogP contribution in [0, 0.1) is 5.82 Å². The fourth-order valence-corrected chi connectivity index (χ4v) is 3.99. The van der Waals surface area contributed by atoms with Gasteiger partial charge in [-0.25, -0.2) is 9.07 Å². The molecule has 27 heavy (non-hydrogen) atoms. The Kier molecular flexibility index (Phi) is 5.25. The van der Waals surface area contributed by atoms with Gasteiger partial charge in [-0.3, -0.25) is 0 Å². The number of halogens is 2. The molecule has 2 aromatic heterocycles. The van der Waals surface area contributed by atoms with Crippen LogP contribution in [0.2, 0.25) is 5.28 Å². The summed E-state index contributed by atoms with van der Waals surface area (Å²) in [6.07, 6.45) is 6.78. The van der Waals surface area contributed by atoms with Crippen LogP contribution in [0.3, 0.4) is 0 Å². The molecule has 0 bridgehead atoms. The number of nitrogens with one attached hydrogen (secondary N) is 1. The highest BCUT2D eigenvalue weighted by molar-refractivity contribution is 6.28. The molecule has 1 aromatic carbocycles. The summed E-state index contributed by atoms with van der Waals surface area (Å²) in [5.41, 5.74) is 2.76. The highest BCUT2D eigenvalue weighted by Crippen LogP contribution is 2.34. The van der Waals surface area contributed by atoms with E-state index >= 15 is 0 Å². The number of rotatable bonds is 5. The van der Waals surface area contributed by atoms with Crippen molar-refractivity contribution in [3.63, 3.8) is 0 Å². The Morgan fingerprint density at radius 1 is 1.15 bits per heavy atom. The number of nitrogens with zero attached hydrogens (tertiary/aromatic N) is 4. The summed E-state index contributed by atoms with van der Waals surface area (Å²) in [5, 5.41) is 9.36. The molecule has 0 radical (unpaired) electrons. The number of aromatic nitrogens is 4. The van der Waals surface area contributed by atoms with Crippen molar-refractivity contribution in [2.75, 3.05) is 5.32 Å². The minimum atomic E-state index is -0.242. The zero-order valence-electron chi connectivity index (χ0n) is 15.4. The van der Waals surface area contributed by atoms with Crippen molar-refractivity contribution in [2.24, 2.45) is 0 Å². The lowest BCUT2D eigenvalue weighted by Crippen LogP contribution is -2.15. The highest BCUT2D eigenvalue weighted by atomic mass is 35.5. The molecule has 1 saturated carbocycles. The smallest absolute Gasteiger partial charge is 0.226 e. The van der Waals surface area contributed by atoms with Gasteiger partial charge in [0.2, 0.25) is 5.28 Å². The Bertz CT molecular complexity index is 932. The molecule has 1 fully saturated rings. The number of hydrogen-bond donors (Lipinski definition) is 1. The van der Waals surface area contributed by atoms with Crippen LogP contribution >= 0.6 is 11.6 Å². The lowest BCUT2D eigenvalue weighted by Gasteiger charge is -2.22. The third kappa shape index (κ3) is 3.76. The summed E-state index contributed by atoms with van der Waals surface area (Å²) < 4.78 is 15.2. The molecule has 3 aromatic rings. The second-order valence-corrected chi connectivity index (χ2v) is 7.39. The van der Waals surface area contributed by atoms with E-state index in [4.69, 9.17) is 16.7 Å². The van der Waals surface area contributed by atoms with Gasteiger partial charge in [0.15, 0.2) is 5.65 Å². The third-order valence-corrected chi connectivity index (χ3v) is 5.39. The molecule has 0 spiro atoms. The third-order valence-electron chi connectivity index (χ3n) is 5.23. The van der Waals surface area contributed by atoms with E-state index in [1.165, 1.54) is 31.4 Å². The predicted octanol–water partition coefficient (Wildman–Crippen LogP) is 5.30. The van der Waals surface area contributed by atoms with Crippen molar-refractivity contribution in [1.29, 1.82) is 0 Å². The number of aryl methyl sites for hydroxylation is 1. The average molecular weight is 388 g/mol. The first-order valence-corrected chi connectivity index (χ1v) is 9.96. The van der Waals surface area contributed by atoms with Crippen molar-refractivity contribution in [2.45, 2.75) is 58.0 Å². The molecule has 0 aliphatic heterocycles. The normalized spacial score (nSPS) is 15.4. The molecule has 0 saturated heterocycles. The minimum absolute atomic E-state index is 0.212. The standard InChI is InChI=1S/C20H23ClFN5/c1-2-16-17-18(23-12-13-8-10-14(22)11-9-13)24-20(21)25-19(17)27(26-16)15-6-4-3-5-7-15/h8-11,15H,2-7,12H2,1H3,(H,23,24,25). The van der Waals surface area contributed by atoms with Crippen molar-refractivity contribution in [3.05, 3.63) is 46.6 Å². The number of fused-ring (bicyclic) bond motifs is 1. The van der Waals surface area contributed by atoms with Gasteiger partial charge in [-0.15, -0.1) is 0 Å². The van der Waals surface area contributed by atoms with Crippen LogP contribution < -0.4 is 5.32 Å². The first kappa shape index (κ1) is 18.2. The summed E-state index contributed by atoms with van der Waals surface area (Å²) in [6.45, 7) is 2.62. The van der Waals surface area contributed by atoms with Crippen molar-refractivity contribution in [1.82, 2.24) is 19.7 Å². The molecular weight excluding hydrogens is 365 g/mol. The van der Waals surface area contributed by atoms with Crippen molar-refractivity contribution < 1.29 is 4.39 Å². The van der Waals surface area contributed by atoms with Gasteiger partial charge in [0, 0.05) is 6.54 Å². The van der Waals surface area contributed by atoms with E-state index in [0.29, 0.717) is 18.4 Å². The lowest BCUT2D eigenvalue weighted by molar-refractivity contribution is 0.334. The molecule has 142 valence electrons. The van der Waals surface area contributed by atoms with E-state index in [0.717, 1.165) is 41.6 Å². The summed E-state index contributed by atoms with van der Waals surface area (Å²) in [7, 11) is 0. The Balaban J connectivity index is 1.71. The number of benzene rings is 1. The molecule has 0 atom stereocenters. The van der Waals surface area contributed by atoms with Gasteiger partial charge in [0.1, 0.15) is 11.6 Å². The zero-order valence-corrected chi connectivity index (χ0v) is 16.1. The van der Waals surface area contributed by atoms with Gasteiger partial charge in [-0.2, -0.15) is 15.1 Å². The van der Waals surface area contributed by atoms with Gasteiger partial charge < -0.3 is 5.32 Å².